The van der Waals surface area contributed by atoms with Crippen LogP contribution in [0.15, 0.2) is 53.4 Å². The zero-order valence-electron chi connectivity index (χ0n) is 20.3. The van der Waals surface area contributed by atoms with Crippen LogP contribution in [0, 0.1) is 13.8 Å². The van der Waals surface area contributed by atoms with Crippen LogP contribution >= 0.6 is 0 Å². The molecule has 9 nitrogen and oxygen atoms in total. The van der Waals surface area contributed by atoms with Crippen LogP contribution in [-0.2, 0) is 19.9 Å². The molecule has 1 aliphatic heterocycles. The predicted octanol–water partition coefficient (Wildman–Crippen LogP) is -7.13. The number of hydrogen-bond acceptors (Lipinski definition) is 7. The van der Waals surface area contributed by atoms with E-state index in [1.54, 1.807) is 0 Å². The molecule has 3 aromatic rings. The first kappa shape index (κ1) is 33.1. The SMILES string of the molecule is Cc1cc(C2(c3cc(C)c([O-])c(C(=O)O)c3)OS(=O)(=O)c3ccccc32)cc(C(=O)O)c1[O-].[Na+].[Na+].[Na+]. The number of carbonyl (C=O) groups is 2. The number of fused-ring (bicyclic) bond motifs is 1. The smallest absolute Gasteiger partial charge is 0.872 e. The van der Waals surface area contributed by atoms with Crippen LogP contribution in [0.4, 0.5) is 0 Å². The standard InChI is InChI=1S/C23H18O9S.3Na/c1-11-7-13(9-15(19(11)24)21(26)27)23(14-8-12(2)20(25)16(10-14)22(28)29)17-5-3-4-6-18(17)33(30,31)32-23;;;/h3-10,24-25H,1-2H3,(H,26,27)(H,28,29);;;/q;3*+1/p-2. The van der Waals surface area contributed by atoms with Gasteiger partial charge in [-0.15, -0.1) is 0 Å². The largest absolute Gasteiger partial charge is 1.00 e. The molecule has 13 heteroatoms. The number of carboxylic acids is 2. The number of carboxylic acid groups (broad SMARTS) is 2. The molecule has 1 heterocycles. The summed E-state index contributed by atoms with van der Waals surface area (Å²) in [6.07, 6.45) is 0. The van der Waals surface area contributed by atoms with Crippen molar-refractivity contribution in [3.05, 3.63) is 87.5 Å². The van der Waals surface area contributed by atoms with Gasteiger partial charge in [-0.3, -0.25) is 0 Å². The molecule has 0 saturated heterocycles. The molecule has 0 bridgehead atoms. The summed E-state index contributed by atoms with van der Waals surface area (Å²) in [4.78, 5) is 23.2. The van der Waals surface area contributed by atoms with Crippen molar-refractivity contribution in [2.24, 2.45) is 0 Å². The number of aromatic carboxylic acids is 2. The Kier molecular flexibility index (Phi) is 10.9. The van der Waals surface area contributed by atoms with E-state index in [1.807, 2.05) is 0 Å². The maximum absolute atomic E-state index is 13.0. The molecular weight excluding hydrogens is 521 g/mol. The van der Waals surface area contributed by atoms with Gasteiger partial charge in [-0.05, 0) is 43.2 Å². The minimum Gasteiger partial charge on any atom is -0.872 e. The Morgan fingerprint density at radius 3 is 1.64 bits per heavy atom. The van der Waals surface area contributed by atoms with Crippen molar-refractivity contribution in [1.82, 2.24) is 0 Å². The summed E-state index contributed by atoms with van der Waals surface area (Å²) >= 11 is 0. The van der Waals surface area contributed by atoms with Gasteiger partial charge in [0.1, 0.15) is 4.90 Å². The summed E-state index contributed by atoms with van der Waals surface area (Å²) < 4.78 is 31.6. The van der Waals surface area contributed by atoms with Crippen molar-refractivity contribution < 1.29 is 131 Å². The Balaban J connectivity index is 0.00000216. The molecule has 0 unspecified atom stereocenters. The molecule has 0 spiro atoms. The van der Waals surface area contributed by atoms with E-state index in [0.29, 0.717) is 0 Å². The molecule has 0 aliphatic carbocycles. The van der Waals surface area contributed by atoms with Gasteiger partial charge in [-0.25, -0.2) is 13.8 Å². The molecule has 0 atom stereocenters. The van der Waals surface area contributed by atoms with E-state index in [4.69, 9.17) is 4.18 Å². The monoisotopic (exact) mass is 537 g/mol. The van der Waals surface area contributed by atoms with Crippen molar-refractivity contribution >= 4 is 22.1 Å². The number of hydrogen-bond donors (Lipinski definition) is 2. The molecule has 36 heavy (non-hydrogen) atoms. The quantitative estimate of drug-likeness (QED) is 0.243. The van der Waals surface area contributed by atoms with Crippen LogP contribution in [0.1, 0.15) is 48.5 Å². The maximum atomic E-state index is 13.0. The first-order valence-electron chi connectivity index (χ1n) is 9.56. The van der Waals surface area contributed by atoms with Gasteiger partial charge >= 0.3 is 101 Å². The van der Waals surface area contributed by atoms with Crippen molar-refractivity contribution in [3.63, 3.8) is 0 Å². The minimum atomic E-state index is -4.37. The van der Waals surface area contributed by atoms with E-state index in [-0.39, 0.29) is 121 Å². The van der Waals surface area contributed by atoms with Gasteiger partial charge in [0.05, 0.1) is 11.1 Å². The van der Waals surface area contributed by atoms with Crippen molar-refractivity contribution in [1.29, 1.82) is 0 Å². The van der Waals surface area contributed by atoms with Gasteiger partial charge in [0.25, 0.3) is 10.1 Å². The Hall–Kier alpha value is -0.890. The molecule has 0 fully saturated rings. The average molecular weight is 537 g/mol. The third-order valence-electron chi connectivity index (χ3n) is 5.59. The normalized spacial score (nSPS) is 14.4. The van der Waals surface area contributed by atoms with E-state index in [1.165, 1.54) is 50.2 Å². The fraction of sp³-hybridized carbons (Fsp3) is 0.130. The van der Waals surface area contributed by atoms with Crippen LogP contribution in [0.5, 0.6) is 11.5 Å². The first-order valence-corrected chi connectivity index (χ1v) is 11.0. The second-order valence-electron chi connectivity index (χ2n) is 7.66. The van der Waals surface area contributed by atoms with Crippen LogP contribution in [0.25, 0.3) is 0 Å². The predicted molar refractivity (Wildman–Crippen MR) is 110 cm³/mol. The summed E-state index contributed by atoms with van der Waals surface area (Å²) in [5.74, 6) is -4.56. The van der Waals surface area contributed by atoms with Gasteiger partial charge in [-0.1, -0.05) is 53.0 Å². The minimum absolute atomic E-state index is 0. The van der Waals surface area contributed by atoms with Crippen molar-refractivity contribution in [2.45, 2.75) is 24.3 Å². The number of rotatable bonds is 4. The Labute approximate surface area is 273 Å². The molecule has 3 aromatic carbocycles. The number of aryl methyl sites for hydroxylation is 2. The molecule has 1 aliphatic rings. The van der Waals surface area contributed by atoms with E-state index >= 15 is 0 Å². The summed E-state index contributed by atoms with van der Waals surface area (Å²) in [6.45, 7) is 2.74. The van der Waals surface area contributed by atoms with Crippen LogP contribution in [-0.4, -0.2) is 30.6 Å². The van der Waals surface area contributed by atoms with Crippen LogP contribution in [0.2, 0.25) is 0 Å². The van der Waals surface area contributed by atoms with Gasteiger partial charge in [-0.2, -0.15) is 8.42 Å². The van der Waals surface area contributed by atoms with Gasteiger partial charge in [0.2, 0.25) is 0 Å². The van der Waals surface area contributed by atoms with Gasteiger partial charge in [0.15, 0.2) is 5.60 Å². The van der Waals surface area contributed by atoms with E-state index in [0.717, 1.165) is 12.1 Å². The fourth-order valence-electron chi connectivity index (χ4n) is 4.08. The second-order valence-corrected chi connectivity index (χ2v) is 9.18. The zero-order valence-corrected chi connectivity index (χ0v) is 27.1. The molecule has 2 N–H and O–H groups in total. The zero-order chi connectivity index (χ0) is 24.3. The molecule has 0 radical (unpaired) electrons. The van der Waals surface area contributed by atoms with Crippen LogP contribution in [0.3, 0.4) is 0 Å². The third-order valence-corrected chi connectivity index (χ3v) is 6.96. The van der Waals surface area contributed by atoms with E-state index < -0.39 is 50.3 Å². The summed E-state index contributed by atoms with van der Waals surface area (Å²) in [6, 6.07) is 10.4. The van der Waals surface area contributed by atoms with E-state index in [2.05, 4.69) is 0 Å². The summed E-state index contributed by atoms with van der Waals surface area (Å²) in [5, 5.41) is 43.8. The summed E-state index contributed by atoms with van der Waals surface area (Å²) in [5.41, 5.74) is -3.14. The topological polar surface area (TPSA) is 164 Å². The Morgan fingerprint density at radius 2 is 1.22 bits per heavy atom. The second kappa shape index (κ2) is 11.9. The molecule has 170 valence electrons. The number of benzene rings is 3. The molecule has 0 saturated carbocycles. The van der Waals surface area contributed by atoms with Crippen molar-refractivity contribution in [3.8, 4) is 11.5 Å². The van der Waals surface area contributed by atoms with Crippen LogP contribution < -0.4 is 98.9 Å². The Morgan fingerprint density at radius 1 is 0.806 bits per heavy atom. The van der Waals surface area contributed by atoms with Crippen molar-refractivity contribution in [2.75, 3.05) is 0 Å². The average Bonchev–Trinajstić information content (AvgIpc) is 3.00. The first-order chi connectivity index (χ1) is 15.4. The fourth-order valence-corrected chi connectivity index (χ4v) is 5.50. The molecule has 4 rings (SSSR count). The molecule has 0 amide bonds. The Bertz CT molecular complexity index is 1400. The molecule has 0 aromatic heterocycles. The molecular formula is C23H16Na3O9S+. The summed E-state index contributed by atoms with van der Waals surface area (Å²) in [7, 11) is -4.37. The maximum Gasteiger partial charge on any atom is 1.00 e. The van der Waals surface area contributed by atoms with E-state index in [9.17, 15) is 38.4 Å². The van der Waals surface area contributed by atoms with Gasteiger partial charge < -0.3 is 20.4 Å². The van der Waals surface area contributed by atoms with Gasteiger partial charge in [0, 0.05) is 5.56 Å². The third kappa shape index (κ3) is 5.32.